The molecule has 0 fully saturated rings. The summed E-state index contributed by atoms with van der Waals surface area (Å²) < 4.78 is 19.4. The van der Waals surface area contributed by atoms with Crippen molar-refractivity contribution in [2.75, 3.05) is 5.32 Å². The van der Waals surface area contributed by atoms with E-state index < -0.39 is 11.7 Å². The number of nitrogens with two attached hydrogens (primary N) is 1. The molecule has 0 spiro atoms. The van der Waals surface area contributed by atoms with E-state index in [1.54, 1.807) is 6.20 Å². The smallest absolute Gasteiger partial charge is 0.286 e. The highest BCUT2D eigenvalue weighted by Crippen LogP contribution is 2.28. The summed E-state index contributed by atoms with van der Waals surface area (Å²) in [6.07, 6.45) is 1.72. The molecule has 0 atom stereocenters. The molecule has 0 aliphatic rings. The zero-order chi connectivity index (χ0) is 21.1. The van der Waals surface area contributed by atoms with E-state index in [1.807, 2.05) is 43.3 Å². The Morgan fingerprint density at radius 1 is 1.23 bits per heavy atom. The third-order valence-corrected chi connectivity index (χ3v) is 4.35. The van der Waals surface area contributed by atoms with E-state index in [9.17, 15) is 9.18 Å². The minimum absolute atomic E-state index is 0.206. The zero-order valence-electron chi connectivity index (χ0n) is 16.0. The molecule has 0 bridgehead atoms. The average Bonchev–Trinajstić information content (AvgIpc) is 2.73. The van der Waals surface area contributed by atoms with E-state index in [2.05, 4.69) is 26.3 Å². The Hall–Kier alpha value is -4.07. The molecular formula is C22H17FN5O2. The van der Waals surface area contributed by atoms with Gasteiger partial charge in [0.1, 0.15) is 24.0 Å². The van der Waals surface area contributed by atoms with Crippen LogP contribution in [-0.4, -0.2) is 20.9 Å². The molecule has 3 N–H and O–H groups in total. The normalized spacial score (nSPS) is 10.7. The van der Waals surface area contributed by atoms with Crippen LogP contribution < -0.4 is 15.8 Å². The number of halogens is 1. The number of pyridine rings is 1. The van der Waals surface area contributed by atoms with Gasteiger partial charge in [-0.15, -0.1) is 0 Å². The Morgan fingerprint density at radius 3 is 2.83 bits per heavy atom. The molecule has 149 valence electrons. The number of anilines is 2. The molecule has 0 aliphatic carbocycles. The largest absolute Gasteiger partial charge is 0.487 e. The van der Waals surface area contributed by atoms with Gasteiger partial charge in [-0.25, -0.2) is 14.4 Å². The highest BCUT2D eigenvalue weighted by Gasteiger charge is 2.13. The van der Waals surface area contributed by atoms with Crippen LogP contribution in [0.25, 0.3) is 10.9 Å². The van der Waals surface area contributed by atoms with Gasteiger partial charge < -0.3 is 15.8 Å². The quantitative estimate of drug-likeness (QED) is 0.510. The summed E-state index contributed by atoms with van der Waals surface area (Å²) in [6.45, 7) is 2.27. The molecule has 2 aromatic heterocycles. The molecule has 0 aliphatic heterocycles. The van der Waals surface area contributed by atoms with Crippen LogP contribution >= 0.6 is 0 Å². The van der Waals surface area contributed by atoms with E-state index in [4.69, 9.17) is 10.5 Å². The maximum absolute atomic E-state index is 13.5. The molecule has 0 unspecified atom stereocenters. The van der Waals surface area contributed by atoms with Gasteiger partial charge in [0.05, 0.1) is 11.2 Å². The third kappa shape index (κ3) is 4.17. The minimum Gasteiger partial charge on any atom is -0.487 e. The van der Waals surface area contributed by atoms with Crippen molar-refractivity contribution in [3.63, 3.8) is 0 Å². The van der Waals surface area contributed by atoms with Crippen LogP contribution in [0, 0.1) is 18.8 Å². The number of aryl methyl sites for hydroxylation is 1. The van der Waals surface area contributed by atoms with E-state index in [0.29, 0.717) is 29.2 Å². The van der Waals surface area contributed by atoms with Crippen LogP contribution in [0.5, 0.6) is 5.75 Å². The molecule has 8 heteroatoms. The molecule has 0 saturated heterocycles. The molecule has 7 nitrogen and oxygen atoms in total. The minimum atomic E-state index is -0.803. The van der Waals surface area contributed by atoms with Gasteiger partial charge >= 0.3 is 0 Å². The zero-order valence-corrected chi connectivity index (χ0v) is 16.0. The standard InChI is InChI=1S/C22H17FN5O2/c1-13-10-15(6-8-19(13)30-12-16-4-2-3-9-25-16)26-21-17-7-5-14(23)11-18(17)27-22(28-21)20(24)29/h2-4,6-11H,12H2,1H3,(H2,24,29)(H,26,27,28). The molecule has 2 aromatic carbocycles. The van der Waals surface area contributed by atoms with E-state index in [-0.39, 0.29) is 11.3 Å². The Bertz CT molecular complexity index is 1230. The molecule has 2 heterocycles. The summed E-state index contributed by atoms with van der Waals surface area (Å²) in [5.41, 5.74) is 7.99. The first-order valence-electron chi connectivity index (χ1n) is 9.09. The number of primary amides is 1. The maximum atomic E-state index is 13.5. The monoisotopic (exact) mass is 402 g/mol. The number of ether oxygens (including phenoxy) is 1. The summed E-state index contributed by atoms with van der Waals surface area (Å²) in [7, 11) is 0. The first kappa shape index (κ1) is 19.3. The topological polar surface area (TPSA) is 103 Å². The number of nitrogens with one attached hydrogen (secondary N) is 1. The maximum Gasteiger partial charge on any atom is 0.286 e. The molecule has 4 rings (SSSR count). The molecule has 1 amide bonds. The molecular weight excluding hydrogens is 385 g/mol. The van der Waals surface area contributed by atoms with Crippen molar-refractivity contribution in [1.29, 1.82) is 0 Å². The first-order chi connectivity index (χ1) is 14.5. The van der Waals surface area contributed by atoms with Gasteiger partial charge in [0.2, 0.25) is 5.82 Å². The lowest BCUT2D eigenvalue weighted by Gasteiger charge is -2.13. The van der Waals surface area contributed by atoms with Crippen molar-refractivity contribution in [1.82, 2.24) is 15.0 Å². The van der Waals surface area contributed by atoms with Gasteiger partial charge in [-0.1, -0.05) is 6.07 Å². The van der Waals surface area contributed by atoms with Crippen molar-refractivity contribution in [2.24, 2.45) is 5.73 Å². The number of rotatable bonds is 6. The Balaban J connectivity index is 1.60. The second kappa shape index (κ2) is 8.12. The van der Waals surface area contributed by atoms with Gasteiger partial charge in [-0.2, -0.15) is 0 Å². The fraction of sp³-hybridized carbons (Fsp3) is 0.0909. The van der Waals surface area contributed by atoms with Crippen molar-refractivity contribution >= 4 is 28.3 Å². The lowest BCUT2D eigenvalue weighted by atomic mass is 10.2. The van der Waals surface area contributed by atoms with Gasteiger partial charge in [0.25, 0.3) is 5.91 Å². The Labute approximate surface area is 171 Å². The lowest BCUT2D eigenvalue weighted by Crippen LogP contribution is -2.16. The predicted octanol–water partition coefficient (Wildman–Crippen LogP) is 3.69. The number of aromatic nitrogens is 3. The van der Waals surface area contributed by atoms with Crippen LogP contribution in [0.2, 0.25) is 0 Å². The van der Waals surface area contributed by atoms with Gasteiger partial charge in [0.15, 0.2) is 0 Å². The van der Waals surface area contributed by atoms with Crippen LogP contribution in [-0.2, 0) is 6.61 Å². The van der Waals surface area contributed by atoms with Crippen molar-refractivity contribution < 1.29 is 13.9 Å². The van der Waals surface area contributed by atoms with Crippen LogP contribution in [0.15, 0.2) is 54.7 Å². The van der Waals surface area contributed by atoms with Crippen LogP contribution in [0.3, 0.4) is 0 Å². The van der Waals surface area contributed by atoms with Crippen molar-refractivity contribution in [2.45, 2.75) is 13.5 Å². The number of nitrogens with zero attached hydrogens (tertiary/aromatic N) is 3. The molecule has 4 aromatic rings. The number of fused-ring (bicyclic) bond motifs is 1. The average molecular weight is 402 g/mol. The van der Waals surface area contributed by atoms with E-state index >= 15 is 0 Å². The SMILES string of the molecule is Cc1cc(Nc2nc(C(N)=O)nc3cc(F)[c]cc23)ccc1OCc1ccccn1. The summed E-state index contributed by atoms with van der Waals surface area (Å²) in [4.78, 5) is 24.0. The van der Waals surface area contributed by atoms with E-state index in [1.165, 1.54) is 12.1 Å². The predicted molar refractivity (Wildman–Crippen MR) is 110 cm³/mol. The molecule has 0 saturated carbocycles. The number of benzene rings is 2. The van der Waals surface area contributed by atoms with E-state index in [0.717, 1.165) is 11.3 Å². The second-order valence-electron chi connectivity index (χ2n) is 6.55. The van der Waals surface area contributed by atoms with Crippen LogP contribution in [0.1, 0.15) is 21.9 Å². The number of carbonyl (C=O) groups excluding carboxylic acids is 1. The number of carbonyl (C=O) groups is 1. The summed E-state index contributed by atoms with van der Waals surface area (Å²) in [5.74, 6) is -0.559. The fourth-order valence-electron chi connectivity index (χ4n) is 2.91. The highest BCUT2D eigenvalue weighted by molar-refractivity contribution is 5.96. The Morgan fingerprint density at radius 2 is 2.10 bits per heavy atom. The van der Waals surface area contributed by atoms with Crippen LogP contribution in [0.4, 0.5) is 15.9 Å². The van der Waals surface area contributed by atoms with Gasteiger partial charge in [-0.05, 0) is 48.9 Å². The fourth-order valence-corrected chi connectivity index (χ4v) is 2.91. The highest BCUT2D eigenvalue weighted by atomic mass is 19.1. The summed E-state index contributed by atoms with van der Waals surface area (Å²) in [5, 5.41) is 3.64. The lowest BCUT2D eigenvalue weighted by molar-refractivity contribution is 0.0991. The summed E-state index contributed by atoms with van der Waals surface area (Å²) in [6, 6.07) is 16.2. The van der Waals surface area contributed by atoms with Gasteiger partial charge in [-0.3, -0.25) is 9.78 Å². The molecule has 30 heavy (non-hydrogen) atoms. The third-order valence-electron chi connectivity index (χ3n) is 4.35. The first-order valence-corrected chi connectivity index (χ1v) is 9.09. The van der Waals surface area contributed by atoms with Crippen molar-refractivity contribution in [3.8, 4) is 5.75 Å². The number of amides is 1. The Kier molecular flexibility index (Phi) is 5.21. The summed E-state index contributed by atoms with van der Waals surface area (Å²) >= 11 is 0. The van der Waals surface area contributed by atoms with Crippen molar-refractivity contribution in [3.05, 3.63) is 83.7 Å². The second-order valence-corrected chi connectivity index (χ2v) is 6.55. The number of hydrogen-bond acceptors (Lipinski definition) is 6. The van der Waals surface area contributed by atoms with Gasteiger partial charge in [0, 0.05) is 29.4 Å². The number of hydrogen-bond donors (Lipinski definition) is 2. The molecule has 1 radical (unpaired) electrons.